The summed E-state index contributed by atoms with van der Waals surface area (Å²) in [5.41, 5.74) is 1.57. The lowest BCUT2D eigenvalue weighted by Crippen LogP contribution is -2.18. The Morgan fingerprint density at radius 3 is 2.89 bits per heavy atom. The fourth-order valence-electron chi connectivity index (χ4n) is 1.63. The maximum atomic E-state index is 13.0. The van der Waals surface area contributed by atoms with Gasteiger partial charge >= 0.3 is 0 Å². The molecule has 1 aromatic carbocycles. The Morgan fingerprint density at radius 2 is 2.17 bits per heavy atom. The molecule has 18 heavy (non-hydrogen) atoms. The second kappa shape index (κ2) is 5.23. The fraction of sp³-hybridized carbons (Fsp3) is 0.154. The molecule has 1 heterocycles. The standard InChI is InChI=1S/C13H11FN4/c1-18(13-6-12(14)16-9-17-13)8-11-4-2-3-10(5-11)7-15/h2-6,9H,8H2,1H3. The van der Waals surface area contributed by atoms with E-state index in [1.54, 1.807) is 24.1 Å². The number of anilines is 1. The first kappa shape index (κ1) is 12.0. The van der Waals surface area contributed by atoms with Gasteiger partial charge in [-0.1, -0.05) is 12.1 Å². The molecule has 5 heteroatoms. The normalized spacial score (nSPS) is 9.83. The van der Waals surface area contributed by atoms with Crippen molar-refractivity contribution < 1.29 is 4.39 Å². The quantitative estimate of drug-likeness (QED) is 0.774. The third-order valence-corrected chi connectivity index (χ3v) is 2.49. The summed E-state index contributed by atoms with van der Waals surface area (Å²) in [6.07, 6.45) is 1.19. The van der Waals surface area contributed by atoms with Gasteiger partial charge in [-0.05, 0) is 17.7 Å². The lowest BCUT2D eigenvalue weighted by Gasteiger charge is -2.17. The van der Waals surface area contributed by atoms with E-state index < -0.39 is 5.95 Å². The molecular formula is C13H11FN4. The van der Waals surface area contributed by atoms with E-state index in [-0.39, 0.29) is 0 Å². The van der Waals surface area contributed by atoms with Crippen LogP contribution in [0.5, 0.6) is 0 Å². The molecule has 0 spiro atoms. The number of hydrogen-bond acceptors (Lipinski definition) is 4. The van der Waals surface area contributed by atoms with Crippen LogP contribution in [0.25, 0.3) is 0 Å². The van der Waals surface area contributed by atoms with Crippen LogP contribution >= 0.6 is 0 Å². The highest BCUT2D eigenvalue weighted by atomic mass is 19.1. The molecule has 0 unspecified atom stereocenters. The maximum Gasteiger partial charge on any atom is 0.218 e. The third kappa shape index (κ3) is 2.80. The molecule has 90 valence electrons. The minimum atomic E-state index is -0.558. The number of halogens is 1. The Hall–Kier alpha value is -2.48. The molecule has 0 atom stereocenters. The third-order valence-electron chi connectivity index (χ3n) is 2.49. The van der Waals surface area contributed by atoms with Crippen LogP contribution in [0.3, 0.4) is 0 Å². The molecular weight excluding hydrogens is 231 g/mol. The van der Waals surface area contributed by atoms with Gasteiger partial charge in [-0.25, -0.2) is 9.97 Å². The van der Waals surface area contributed by atoms with E-state index in [9.17, 15) is 4.39 Å². The average molecular weight is 242 g/mol. The van der Waals surface area contributed by atoms with Gasteiger partial charge in [0.2, 0.25) is 5.95 Å². The van der Waals surface area contributed by atoms with Crippen molar-refractivity contribution in [3.63, 3.8) is 0 Å². The van der Waals surface area contributed by atoms with Gasteiger partial charge in [0.1, 0.15) is 12.1 Å². The van der Waals surface area contributed by atoms with Crippen molar-refractivity contribution in [2.75, 3.05) is 11.9 Å². The highest BCUT2D eigenvalue weighted by Gasteiger charge is 2.05. The number of rotatable bonds is 3. The topological polar surface area (TPSA) is 52.8 Å². The van der Waals surface area contributed by atoms with Crippen molar-refractivity contribution in [3.05, 3.63) is 53.7 Å². The Labute approximate surface area is 104 Å². The van der Waals surface area contributed by atoms with Crippen molar-refractivity contribution in [3.8, 4) is 6.07 Å². The summed E-state index contributed by atoms with van der Waals surface area (Å²) in [6.45, 7) is 0.548. The number of benzene rings is 1. The van der Waals surface area contributed by atoms with E-state index in [1.165, 1.54) is 12.4 Å². The van der Waals surface area contributed by atoms with Gasteiger partial charge in [-0.2, -0.15) is 9.65 Å². The lowest BCUT2D eigenvalue weighted by atomic mass is 10.1. The summed E-state index contributed by atoms with van der Waals surface area (Å²) in [5, 5.41) is 8.82. The Morgan fingerprint density at radius 1 is 1.33 bits per heavy atom. The van der Waals surface area contributed by atoms with Crippen molar-refractivity contribution in [1.29, 1.82) is 5.26 Å². The van der Waals surface area contributed by atoms with E-state index in [4.69, 9.17) is 5.26 Å². The molecule has 1 aromatic heterocycles. The van der Waals surface area contributed by atoms with Crippen LogP contribution in [-0.4, -0.2) is 17.0 Å². The summed E-state index contributed by atoms with van der Waals surface area (Å²) in [6, 6.07) is 10.6. The molecule has 4 nitrogen and oxygen atoms in total. The van der Waals surface area contributed by atoms with Crippen molar-refractivity contribution in [2.45, 2.75) is 6.54 Å². The summed E-state index contributed by atoms with van der Waals surface area (Å²) in [5.74, 6) is -0.0533. The zero-order valence-corrected chi connectivity index (χ0v) is 9.84. The van der Waals surface area contributed by atoms with Gasteiger partial charge in [-0.3, -0.25) is 0 Å². The van der Waals surface area contributed by atoms with E-state index in [2.05, 4.69) is 16.0 Å². The molecule has 2 aromatic rings. The van der Waals surface area contributed by atoms with Crippen molar-refractivity contribution in [2.24, 2.45) is 0 Å². The molecule has 0 aliphatic heterocycles. The molecule has 0 fully saturated rings. The molecule has 0 N–H and O–H groups in total. The first-order valence-corrected chi connectivity index (χ1v) is 5.37. The first-order valence-electron chi connectivity index (χ1n) is 5.37. The van der Waals surface area contributed by atoms with Crippen molar-refractivity contribution in [1.82, 2.24) is 9.97 Å². The van der Waals surface area contributed by atoms with E-state index in [0.717, 1.165) is 5.56 Å². The summed E-state index contributed by atoms with van der Waals surface area (Å²) in [4.78, 5) is 9.19. The van der Waals surface area contributed by atoms with Crippen LogP contribution in [0.15, 0.2) is 36.7 Å². The minimum Gasteiger partial charge on any atom is -0.355 e. The number of aromatic nitrogens is 2. The molecule has 0 radical (unpaired) electrons. The molecule has 0 aliphatic rings. The number of hydrogen-bond donors (Lipinski definition) is 0. The minimum absolute atomic E-state index is 0.505. The van der Waals surface area contributed by atoms with Gasteiger partial charge in [-0.15, -0.1) is 0 Å². The molecule has 0 saturated carbocycles. The zero-order valence-electron chi connectivity index (χ0n) is 9.84. The van der Waals surface area contributed by atoms with Gasteiger partial charge in [0.15, 0.2) is 0 Å². The predicted octanol–water partition coefficient (Wildman–Crippen LogP) is 2.12. The second-order valence-corrected chi connectivity index (χ2v) is 3.87. The molecule has 0 saturated heterocycles. The summed E-state index contributed by atoms with van der Waals surface area (Å²) in [7, 11) is 1.81. The van der Waals surface area contributed by atoms with Crippen molar-refractivity contribution >= 4 is 5.82 Å². The monoisotopic (exact) mass is 242 g/mol. The maximum absolute atomic E-state index is 13.0. The van der Waals surface area contributed by atoms with E-state index in [0.29, 0.717) is 17.9 Å². The van der Waals surface area contributed by atoms with Gasteiger partial charge < -0.3 is 4.90 Å². The first-order chi connectivity index (χ1) is 8.69. The lowest BCUT2D eigenvalue weighted by molar-refractivity contribution is 0.578. The smallest absolute Gasteiger partial charge is 0.218 e. The Bertz CT molecular complexity index is 592. The highest BCUT2D eigenvalue weighted by Crippen LogP contribution is 2.13. The fourth-order valence-corrected chi connectivity index (χ4v) is 1.63. The van der Waals surface area contributed by atoms with Crippen LogP contribution < -0.4 is 4.90 Å². The Kier molecular flexibility index (Phi) is 3.49. The molecule has 0 amide bonds. The van der Waals surface area contributed by atoms with Gasteiger partial charge in [0.25, 0.3) is 0 Å². The van der Waals surface area contributed by atoms with Gasteiger partial charge in [0, 0.05) is 19.7 Å². The van der Waals surface area contributed by atoms with E-state index in [1.807, 2.05) is 12.1 Å². The Balaban J connectivity index is 2.16. The summed E-state index contributed by atoms with van der Waals surface area (Å²) < 4.78 is 13.0. The average Bonchev–Trinajstić information content (AvgIpc) is 2.39. The largest absolute Gasteiger partial charge is 0.355 e. The van der Waals surface area contributed by atoms with E-state index >= 15 is 0 Å². The highest BCUT2D eigenvalue weighted by molar-refractivity contribution is 5.39. The number of nitrogens with zero attached hydrogens (tertiary/aromatic N) is 4. The molecule has 2 rings (SSSR count). The van der Waals surface area contributed by atoms with Crippen LogP contribution in [0, 0.1) is 17.3 Å². The predicted molar refractivity (Wildman–Crippen MR) is 65.3 cm³/mol. The second-order valence-electron chi connectivity index (χ2n) is 3.87. The summed E-state index contributed by atoms with van der Waals surface area (Å²) >= 11 is 0. The zero-order chi connectivity index (χ0) is 13.0. The van der Waals surface area contributed by atoms with Crippen LogP contribution in [0.1, 0.15) is 11.1 Å². The van der Waals surface area contributed by atoms with Gasteiger partial charge in [0.05, 0.1) is 11.6 Å². The van der Waals surface area contributed by atoms with Crippen LogP contribution in [-0.2, 0) is 6.54 Å². The van der Waals surface area contributed by atoms with Crippen LogP contribution in [0.2, 0.25) is 0 Å². The SMILES string of the molecule is CN(Cc1cccc(C#N)c1)c1cc(F)ncn1. The number of nitriles is 1. The molecule has 0 aliphatic carbocycles. The molecule has 0 bridgehead atoms. The van der Waals surface area contributed by atoms with Crippen LogP contribution in [0.4, 0.5) is 10.2 Å².